The molecule has 0 spiro atoms. The Bertz CT molecular complexity index is 1040. The molecule has 0 radical (unpaired) electrons. The lowest BCUT2D eigenvalue weighted by atomic mass is 10.2. The summed E-state index contributed by atoms with van der Waals surface area (Å²) < 4.78 is 17.6. The fourth-order valence-corrected chi connectivity index (χ4v) is 2.61. The SMILES string of the molecule is CCOC(=O)/C=C/c1ccccc1OCc1cn(/C=C/c2cccc(OC)c2)nn1. The number of nitrogens with zero attached hydrogens (tertiary/aromatic N) is 3. The normalized spacial score (nSPS) is 11.1. The molecule has 0 N–H and O–H groups in total. The number of benzene rings is 2. The van der Waals surface area contributed by atoms with Crippen LogP contribution >= 0.6 is 0 Å². The summed E-state index contributed by atoms with van der Waals surface area (Å²) in [4.78, 5) is 11.5. The van der Waals surface area contributed by atoms with Gasteiger partial charge in [0.25, 0.3) is 0 Å². The van der Waals surface area contributed by atoms with Gasteiger partial charge in [-0.15, -0.1) is 5.10 Å². The highest BCUT2D eigenvalue weighted by molar-refractivity contribution is 5.87. The van der Waals surface area contributed by atoms with E-state index in [1.807, 2.05) is 54.6 Å². The third-order valence-electron chi connectivity index (χ3n) is 4.05. The van der Waals surface area contributed by atoms with Crippen LogP contribution in [0.4, 0.5) is 0 Å². The van der Waals surface area contributed by atoms with Crippen molar-refractivity contribution in [2.75, 3.05) is 13.7 Å². The fourth-order valence-electron chi connectivity index (χ4n) is 2.61. The average molecular weight is 405 g/mol. The summed E-state index contributed by atoms with van der Waals surface area (Å²) in [5.74, 6) is 1.04. The van der Waals surface area contributed by atoms with E-state index in [0.29, 0.717) is 18.1 Å². The van der Waals surface area contributed by atoms with Crippen LogP contribution in [0.5, 0.6) is 11.5 Å². The Balaban J connectivity index is 1.62. The van der Waals surface area contributed by atoms with E-state index >= 15 is 0 Å². The molecule has 1 aromatic heterocycles. The summed E-state index contributed by atoms with van der Waals surface area (Å²) >= 11 is 0. The third kappa shape index (κ3) is 6.07. The Hall–Kier alpha value is -3.87. The first-order valence-electron chi connectivity index (χ1n) is 9.47. The Labute approximate surface area is 175 Å². The molecule has 0 aliphatic rings. The molecule has 0 saturated heterocycles. The lowest BCUT2D eigenvalue weighted by Crippen LogP contribution is -1.99. The largest absolute Gasteiger partial charge is 0.497 e. The van der Waals surface area contributed by atoms with Gasteiger partial charge in [0, 0.05) is 17.8 Å². The predicted octanol–water partition coefficient (Wildman–Crippen LogP) is 4.07. The molecule has 0 aliphatic heterocycles. The van der Waals surface area contributed by atoms with Crippen molar-refractivity contribution >= 4 is 24.3 Å². The van der Waals surface area contributed by atoms with E-state index in [2.05, 4.69) is 10.3 Å². The van der Waals surface area contributed by atoms with E-state index in [1.165, 1.54) is 6.08 Å². The number of ether oxygens (including phenoxy) is 3. The van der Waals surface area contributed by atoms with Crippen LogP contribution in [0.25, 0.3) is 18.4 Å². The Morgan fingerprint density at radius 3 is 2.83 bits per heavy atom. The molecule has 3 rings (SSSR count). The molecule has 0 atom stereocenters. The maximum atomic E-state index is 11.5. The topological polar surface area (TPSA) is 75.5 Å². The first-order valence-corrected chi connectivity index (χ1v) is 9.47. The van der Waals surface area contributed by atoms with Gasteiger partial charge in [0.05, 0.1) is 19.9 Å². The molecule has 30 heavy (non-hydrogen) atoms. The van der Waals surface area contributed by atoms with Crippen LogP contribution in [0, 0.1) is 0 Å². The summed E-state index contributed by atoms with van der Waals surface area (Å²) in [5, 5.41) is 8.21. The Morgan fingerprint density at radius 1 is 1.13 bits per heavy atom. The van der Waals surface area contributed by atoms with E-state index in [1.54, 1.807) is 37.2 Å². The van der Waals surface area contributed by atoms with Crippen LogP contribution in [-0.2, 0) is 16.1 Å². The van der Waals surface area contributed by atoms with E-state index in [9.17, 15) is 4.79 Å². The van der Waals surface area contributed by atoms with E-state index in [4.69, 9.17) is 14.2 Å². The van der Waals surface area contributed by atoms with Crippen LogP contribution in [0.3, 0.4) is 0 Å². The molecule has 0 bridgehead atoms. The van der Waals surface area contributed by atoms with Crippen LogP contribution in [0.15, 0.2) is 60.8 Å². The lowest BCUT2D eigenvalue weighted by Gasteiger charge is -2.07. The molecule has 154 valence electrons. The number of aromatic nitrogens is 3. The van der Waals surface area contributed by atoms with Gasteiger partial charge in [0.1, 0.15) is 23.8 Å². The zero-order chi connectivity index (χ0) is 21.2. The summed E-state index contributed by atoms with van der Waals surface area (Å²) in [6.45, 7) is 2.35. The molecule has 7 heteroatoms. The fraction of sp³-hybridized carbons (Fsp3) is 0.174. The van der Waals surface area contributed by atoms with Gasteiger partial charge in [-0.25, -0.2) is 9.48 Å². The summed E-state index contributed by atoms with van der Waals surface area (Å²) in [5.41, 5.74) is 2.44. The molecule has 2 aromatic carbocycles. The minimum absolute atomic E-state index is 0.247. The standard InChI is InChI=1S/C23H23N3O4/c1-3-29-23(27)12-11-19-8-4-5-10-22(19)30-17-20-16-26(25-24-20)14-13-18-7-6-9-21(15-18)28-2/h4-16H,3,17H2,1-2H3/b12-11+,14-13+. The van der Waals surface area contributed by atoms with Gasteiger partial charge in [-0.05, 0) is 42.8 Å². The number of para-hydroxylation sites is 1. The minimum atomic E-state index is -0.391. The van der Waals surface area contributed by atoms with Crippen molar-refractivity contribution in [1.29, 1.82) is 0 Å². The van der Waals surface area contributed by atoms with Crippen molar-refractivity contribution in [3.8, 4) is 11.5 Å². The second kappa shape index (κ2) is 10.6. The zero-order valence-corrected chi connectivity index (χ0v) is 16.9. The van der Waals surface area contributed by atoms with Crippen LogP contribution in [-0.4, -0.2) is 34.7 Å². The van der Waals surface area contributed by atoms with E-state index in [-0.39, 0.29) is 6.61 Å². The lowest BCUT2D eigenvalue weighted by molar-refractivity contribution is -0.137. The highest BCUT2D eigenvalue weighted by Gasteiger charge is 2.05. The molecule has 1 heterocycles. The molecule has 0 amide bonds. The first-order chi connectivity index (χ1) is 14.7. The van der Waals surface area contributed by atoms with Crippen LogP contribution in [0.2, 0.25) is 0 Å². The number of carbonyl (C=O) groups is 1. The number of esters is 1. The van der Waals surface area contributed by atoms with Gasteiger partial charge < -0.3 is 14.2 Å². The highest BCUT2D eigenvalue weighted by atomic mass is 16.5. The number of methoxy groups -OCH3 is 1. The molecular weight excluding hydrogens is 382 g/mol. The molecule has 3 aromatic rings. The van der Waals surface area contributed by atoms with Gasteiger partial charge in [-0.2, -0.15) is 0 Å². The van der Waals surface area contributed by atoms with Crippen molar-refractivity contribution in [3.05, 3.63) is 77.6 Å². The Morgan fingerprint density at radius 2 is 2.00 bits per heavy atom. The summed E-state index contributed by atoms with van der Waals surface area (Å²) in [6, 6.07) is 15.1. The van der Waals surface area contributed by atoms with Gasteiger partial charge in [0.15, 0.2) is 0 Å². The number of hydrogen-bond acceptors (Lipinski definition) is 6. The van der Waals surface area contributed by atoms with E-state index in [0.717, 1.165) is 16.9 Å². The summed E-state index contributed by atoms with van der Waals surface area (Å²) in [6.07, 6.45) is 8.55. The van der Waals surface area contributed by atoms with Crippen molar-refractivity contribution in [1.82, 2.24) is 15.0 Å². The van der Waals surface area contributed by atoms with Crippen molar-refractivity contribution in [2.45, 2.75) is 13.5 Å². The van der Waals surface area contributed by atoms with Crippen LogP contribution in [0.1, 0.15) is 23.7 Å². The molecule has 0 saturated carbocycles. The molecule has 7 nitrogen and oxygen atoms in total. The molecule has 0 unspecified atom stereocenters. The van der Waals surface area contributed by atoms with E-state index < -0.39 is 5.97 Å². The third-order valence-corrected chi connectivity index (χ3v) is 4.05. The number of hydrogen-bond donors (Lipinski definition) is 0. The maximum absolute atomic E-state index is 11.5. The molecule has 0 fully saturated rings. The summed E-state index contributed by atoms with van der Waals surface area (Å²) in [7, 11) is 1.64. The Kier molecular flexibility index (Phi) is 7.38. The second-order valence-electron chi connectivity index (χ2n) is 6.19. The maximum Gasteiger partial charge on any atom is 0.330 e. The zero-order valence-electron chi connectivity index (χ0n) is 16.9. The first kappa shape index (κ1) is 20.9. The van der Waals surface area contributed by atoms with Crippen molar-refractivity contribution < 1.29 is 19.0 Å². The van der Waals surface area contributed by atoms with Gasteiger partial charge in [-0.3, -0.25) is 0 Å². The average Bonchev–Trinajstić information content (AvgIpc) is 3.23. The van der Waals surface area contributed by atoms with Gasteiger partial charge in [0.2, 0.25) is 0 Å². The number of carbonyl (C=O) groups excluding carboxylic acids is 1. The second-order valence-corrected chi connectivity index (χ2v) is 6.19. The smallest absolute Gasteiger partial charge is 0.330 e. The van der Waals surface area contributed by atoms with Crippen LogP contribution < -0.4 is 9.47 Å². The predicted molar refractivity (Wildman–Crippen MR) is 115 cm³/mol. The molecular formula is C23H23N3O4. The number of rotatable bonds is 9. The quantitative estimate of drug-likeness (QED) is 0.395. The molecule has 0 aliphatic carbocycles. The van der Waals surface area contributed by atoms with Gasteiger partial charge in [-0.1, -0.05) is 35.5 Å². The van der Waals surface area contributed by atoms with Crippen molar-refractivity contribution in [3.63, 3.8) is 0 Å². The van der Waals surface area contributed by atoms with Gasteiger partial charge >= 0.3 is 5.97 Å². The minimum Gasteiger partial charge on any atom is -0.497 e. The van der Waals surface area contributed by atoms with Crippen molar-refractivity contribution in [2.24, 2.45) is 0 Å². The monoisotopic (exact) mass is 405 g/mol. The highest BCUT2D eigenvalue weighted by Crippen LogP contribution is 2.20.